The summed E-state index contributed by atoms with van der Waals surface area (Å²) in [6, 6.07) is 7.62. The van der Waals surface area contributed by atoms with Gasteiger partial charge >= 0.3 is 0 Å². The number of rotatable bonds is 4. The summed E-state index contributed by atoms with van der Waals surface area (Å²) in [5.41, 5.74) is 3.26. The number of hydrogen-bond donors (Lipinski definition) is 2. The molecule has 0 bridgehead atoms. The summed E-state index contributed by atoms with van der Waals surface area (Å²) < 4.78 is 0. The standard InChI is InChI=1S/C16H17ClN4O/c1-9-7-10(2)15(12(17)8-9)19-14-6-5-13(20-21-14)16(22)18-11-3-4-11/h5-8,11H,3-4H2,1-2H3,(H,18,22)(H,19,21). The SMILES string of the molecule is Cc1cc(C)c(Nc2ccc(C(=O)NC3CC3)nn2)c(Cl)c1. The molecule has 1 saturated carbocycles. The summed E-state index contributed by atoms with van der Waals surface area (Å²) in [5.74, 6) is 0.378. The molecule has 1 aliphatic carbocycles. The highest BCUT2D eigenvalue weighted by Crippen LogP contribution is 2.29. The van der Waals surface area contributed by atoms with Gasteiger partial charge in [0, 0.05) is 6.04 Å². The van der Waals surface area contributed by atoms with E-state index < -0.39 is 0 Å². The second-order valence-corrected chi connectivity index (χ2v) is 6.02. The van der Waals surface area contributed by atoms with Crippen molar-refractivity contribution in [2.75, 3.05) is 5.32 Å². The molecule has 114 valence electrons. The lowest BCUT2D eigenvalue weighted by Gasteiger charge is -2.11. The summed E-state index contributed by atoms with van der Waals surface area (Å²) in [7, 11) is 0. The van der Waals surface area contributed by atoms with Gasteiger partial charge in [-0.05, 0) is 56.0 Å². The third-order valence-corrected chi connectivity index (χ3v) is 3.79. The molecule has 22 heavy (non-hydrogen) atoms. The van der Waals surface area contributed by atoms with E-state index in [0.29, 0.717) is 22.6 Å². The van der Waals surface area contributed by atoms with Crippen molar-refractivity contribution < 1.29 is 4.79 Å². The summed E-state index contributed by atoms with van der Waals surface area (Å²) in [6.07, 6.45) is 2.09. The number of anilines is 2. The smallest absolute Gasteiger partial charge is 0.272 e. The number of amides is 1. The van der Waals surface area contributed by atoms with Gasteiger partial charge in [0.05, 0.1) is 10.7 Å². The molecule has 0 unspecified atom stereocenters. The Morgan fingerprint density at radius 2 is 2.00 bits per heavy atom. The summed E-state index contributed by atoms with van der Waals surface area (Å²) in [4.78, 5) is 11.9. The topological polar surface area (TPSA) is 66.9 Å². The van der Waals surface area contributed by atoms with Crippen molar-refractivity contribution in [1.82, 2.24) is 15.5 Å². The first-order valence-corrected chi connectivity index (χ1v) is 7.59. The molecule has 3 rings (SSSR count). The molecule has 2 aromatic rings. The predicted molar refractivity (Wildman–Crippen MR) is 86.7 cm³/mol. The molecule has 1 aromatic heterocycles. The minimum absolute atomic E-state index is 0.175. The van der Waals surface area contributed by atoms with Crippen LogP contribution >= 0.6 is 11.6 Å². The van der Waals surface area contributed by atoms with E-state index in [-0.39, 0.29) is 5.91 Å². The number of hydrogen-bond acceptors (Lipinski definition) is 4. The van der Waals surface area contributed by atoms with E-state index in [1.807, 2.05) is 26.0 Å². The van der Waals surface area contributed by atoms with Gasteiger partial charge < -0.3 is 10.6 Å². The molecule has 0 aliphatic heterocycles. The lowest BCUT2D eigenvalue weighted by atomic mass is 10.1. The van der Waals surface area contributed by atoms with Crippen molar-refractivity contribution in [1.29, 1.82) is 0 Å². The average molecular weight is 317 g/mol. The molecule has 0 atom stereocenters. The van der Waals surface area contributed by atoms with Gasteiger partial charge in [0.2, 0.25) is 0 Å². The molecule has 1 heterocycles. The number of carbonyl (C=O) groups is 1. The number of aryl methyl sites for hydroxylation is 2. The van der Waals surface area contributed by atoms with Gasteiger partial charge in [0.15, 0.2) is 11.5 Å². The van der Waals surface area contributed by atoms with Crippen molar-refractivity contribution in [3.8, 4) is 0 Å². The van der Waals surface area contributed by atoms with Crippen LogP contribution in [0.2, 0.25) is 5.02 Å². The van der Waals surface area contributed by atoms with Gasteiger partial charge in [0.1, 0.15) is 0 Å². The zero-order chi connectivity index (χ0) is 15.7. The molecular formula is C16H17ClN4O. The Morgan fingerprint density at radius 3 is 2.59 bits per heavy atom. The molecule has 0 spiro atoms. The number of benzene rings is 1. The maximum absolute atomic E-state index is 11.9. The zero-order valence-electron chi connectivity index (χ0n) is 12.5. The molecule has 5 nitrogen and oxygen atoms in total. The van der Waals surface area contributed by atoms with Crippen LogP contribution in [0.3, 0.4) is 0 Å². The molecule has 6 heteroatoms. The number of carbonyl (C=O) groups excluding carboxylic acids is 1. The Hall–Kier alpha value is -2.14. The first-order valence-electron chi connectivity index (χ1n) is 7.21. The Balaban J connectivity index is 1.74. The fraction of sp³-hybridized carbons (Fsp3) is 0.312. The van der Waals surface area contributed by atoms with E-state index in [2.05, 4.69) is 20.8 Å². The summed E-state index contributed by atoms with van der Waals surface area (Å²) in [5, 5.41) is 14.7. The maximum atomic E-state index is 11.9. The van der Waals surface area contributed by atoms with E-state index in [0.717, 1.165) is 29.7 Å². The van der Waals surface area contributed by atoms with Gasteiger partial charge in [-0.25, -0.2) is 0 Å². The van der Waals surface area contributed by atoms with Crippen LogP contribution in [-0.2, 0) is 0 Å². The monoisotopic (exact) mass is 316 g/mol. The Morgan fingerprint density at radius 1 is 1.23 bits per heavy atom. The van der Waals surface area contributed by atoms with Gasteiger partial charge in [-0.3, -0.25) is 4.79 Å². The minimum atomic E-state index is -0.175. The van der Waals surface area contributed by atoms with Crippen LogP contribution in [0.4, 0.5) is 11.5 Å². The molecule has 0 radical (unpaired) electrons. The van der Waals surface area contributed by atoms with E-state index >= 15 is 0 Å². The molecule has 2 N–H and O–H groups in total. The first-order chi connectivity index (χ1) is 10.5. The number of nitrogens with zero attached hydrogens (tertiary/aromatic N) is 2. The van der Waals surface area contributed by atoms with Crippen molar-refractivity contribution in [3.05, 3.63) is 46.1 Å². The third-order valence-electron chi connectivity index (χ3n) is 3.49. The predicted octanol–water partition coefficient (Wildman–Crippen LogP) is 3.38. The van der Waals surface area contributed by atoms with Gasteiger partial charge in [-0.15, -0.1) is 10.2 Å². The number of halogens is 1. The van der Waals surface area contributed by atoms with E-state index in [4.69, 9.17) is 11.6 Å². The summed E-state index contributed by atoms with van der Waals surface area (Å²) in [6.45, 7) is 3.97. The van der Waals surface area contributed by atoms with E-state index in [1.165, 1.54) is 0 Å². The zero-order valence-corrected chi connectivity index (χ0v) is 13.2. The van der Waals surface area contributed by atoms with Crippen molar-refractivity contribution in [2.24, 2.45) is 0 Å². The van der Waals surface area contributed by atoms with Gasteiger partial charge in [0.25, 0.3) is 5.91 Å². The normalized spacial score (nSPS) is 13.8. The maximum Gasteiger partial charge on any atom is 0.272 e. The second-order valence-electron chi connectivity index (χ2n) is 5.62. The Kier molecular flexibility index (Phi) is 3.98. The lowest BCUT2D eigenvalue weighted by molar-refractivity contribution is 0.0945. The number of nitrogens with one attached hydrogen (secondary N) is 2. The van der Waals surface area contributed by atoms with Crippen molar-refractivity contribution in [2.45, 2.75) is 32.7 Å². The van der Waals surface area contributed by atoms with Crippen LogP contribution in [0.15, 0.2) is 24.3 Å². The highest BCUT2D eigenvalue weighted by molar-refractivity contribution is 6.33. The second kappa shape index (κ2) is 5.93. The molecular weight excluding hydrogens is 300 g/mol. The quantitative estimate of drug-likeness (QED) is 0.907. The van der Waals surface area contributed by atoms with Crippen LogP contribution < -0.4 is 10.6 Å². The first kappa shape index (κ1) is 14.8. The third kappa shape index (κ3) is 3.36. The molecule has 1 amide bonds. The number of aromatic nitrogens is 2. The average Bonchev–Trinajstić information content (AvgIpc) is 3.27. The fourth-order valence-electron chi connectivity index (χ4n) is 2.21. The highest BCUT2D eigenvalue weighted by atomic mass is 35.5. The minimum Gasteiger partial charge on any atom is -0.348 e. The van der Waals surface area contributed by atoms with Crippen molar-refractivity contribution in [3.63, 3.8) is 0 Å². The summed E-state index contributed by atoms with van der Waals surface area (Å²) >= 11 is 6.26. The molecule has 1 aromatic carbocycles. The molecule has 0 saturated heterocycles. The van der Waals surface area contributed by atoms with Crippen LogP contribution in [0, 0.1) is 13.8 Å². The van der Waals surface area contributed by atoms with E-state index in [9.17, 15) is 4.79 Å². The molecule has 1 aliphatic rings. The van der Waals surface area contributed by atoms with Crippen LogP contribution in [-0.4, -0.2) is 22.1 Å². The lowest BCUT2D eigenvalue weighted by Crippen LogP contribution is -2.26. The van der Waals surface area contributed by atoms with Crippen LogP contribution in [0.1, 0.15) is 34.5 Å². The van der Waals surface area contributed by atoms with Crippen molar-refractivity contribution >= 4 is 29.0 Å². The van der Waals surface area contributed by atoms with Crippen LogP contribution in [0.25, 0.3) is 0 Å². The molecule has 1 fully saturated rings. The van der Waals surface area contributed by atoms with Gasteiger partial charge in [-0.2, -0.15) is 0 Å². The largest absolute Gasteiger partial charge is 0.348 e. The highest BCUT2D eigenvalue weighted by Gasteiger charge is 2.24. The van der Waals surface area contributed by atoms with Gasteiger partial charge in [-0.1, -0.05) is 17.7 Å². The Labute approximate surface area is 134 Å². The van der Waals surface area contributed by atoms with E-state index in [1.54, 1.807) is 12.1 Å². The van der Waals surface area contributed by atoms with Crippen LogP contribution in [0.5, 0.6) is 0 Å². The Bertz CT molecular complexity index is 688. The fourth-order valence-corrected chi connectivity index (χ4v) is 2.58.